The molecule has 0 aliphatic carbocycles. The van der Waals surface area contributed by atoms with Crippen molar-refractivity contribution in [3.8, 4) is 5.75 Å². The molecule has 0 saturated heterocycles. The predicted octanol–water partition coefficient (Wildman–Crippen LogP) is 3.97. The number of ether oxygens (including phenoxy) is 1. The van der Waals surface area contributed by atoms with Crippen molar-refractivity contribution in [1.29, 1.82) is 0 Å². The van der Waals surface area contributed by atoms with Gasteiger partial charge in [-0.2, -0.15) is 0 Å². The minimum Gasteiger partial charge on any atom is -0.496 e. The van der Waals surface area contributed by atoms with Gasteiger partial charge in [-0.15, -0.1) is 0 Å². The van der Waals surface area contributed by atoms with E-state index in [1.165, 1.54) is 0 Å². The van der Waals surface area contributed by atoms with Gasteiger partial charge in [-0.05, 0) is 55.7 Å². The number of methoxy groups -OCH3 is 1. The monoisotopic (exact) mass is 356 g/mol. The lowest BCUT2D eigenvalue weighted by Crippen LogP contribution is -2.17. The van der Waals surface area contributed by atoms with Gasteiger partial charge < -0.3 is 4.74 Å². The molecule has 0 amide bonds. The molecule has 130 valence electrons. The molecule has 6 heteroatoms. The highest BCUT2D eigenvalue weighted by atomic mass is 32.2. The van der Waals surface area contributed by atoms with Crippen molar-refractivity contribution < 1.29 is 13.2 Å². The van der Waals surface area contributed by atoms with Crippen LogP contribution in [0, 0.1) is 20.8 Å². The standard InChI is InChI=1S/C19H20N2O3S/c1-12-10-18(24-4)13(2)14(3)19(12)25(22,23)21-17-7-5-6-15-11-20-9-8-16(15)17/h5-11,21H,1-4H3. The van der Waals surface area contributed by atoms with E-state index in [1.807, 2.05) is 13.0 Å². The zero-order chi connectivity index (χ0) is 18.2. The number of hydrogen-bond donors (Lipinski definition) is 1. The number of fused-ring (bicyclic) bond motifs is 1. The van der Waals surface area contributed by atoms with Crippen LogP contribution in [0.1, 0.15) is 16.7 Å². The van der Waals surface area contributed by atoms with E-state index in [2.05, 4.69) is 9.71 Å². The first-order valence-electron chi connectivity index (χ1n) is 7.85. The molecule has 0 unspecified atom stereocenters. The van der Waals surface area contributed by atoms with Gasteiger partial charge in [-0.25, -0.2) is 8.42 Å². The third-order valence-electron chi connectivity index (χ3n) is 4.39. The SMILES string of the molecule is COc1cc(C)c(S(=O)(=O)Nc2cccc3cnccc23)c(C)c1C. The molecule has 5 nitrogen and oxygen atoms in total. The number of aryl methyl sites for hydroxylation is 1. The lowest BCUT2D eigenvalue weighted by molar-refractivity contribution is 0.410. The number of aromatic nitrogens is 1. The molecular formula is C19H20N2O3S. The first-order valence-corrected chi connectivity index (χ1v) is 9.34. The minimum atomic E-state index is -3.74. The Morgan fingerprint density at radius 2 is 1.84 bits per heavy atom. The quantitative estimate of drug-likeness (QED) is 0.768. The molecule has 25 heavy (non-hydrogen) atoms. The second kappa shape index (κ2) is 6.37. The average Bonchev–Trinajstić information content (AvgIpc) is 2.58. The first-order chi connectivity index (χ1) is 11.8. The number of nitrogens with zero attached hydrogens (tertiary/aromatic N) is 1. The summed E-state index contributed by atoms with van der Waals surface area (Å²) in [6.07, 6.45) is 3.36. The van der Waals surface area contributed by atoms with Crippen molar-refractivity contribution in [3.63, 3.8) is 0 Å². The van der Waals surface area contributed by atoms with Crippen LogP contribution >= 0.6 is 0 Å². The summed E-state index contributed by atoms with van der Waals surface area (Å²) in [5.74, 6) is 0.685. The molecule has 3 rings (SSSR count). The van der Waals surface area contributed by atoms with Crippen LogP contribution in [0.25, 0.3) is 10.8 Å². The van der Waals surface area contributed by atoms with Gasteiger partial charge in [-0.1, -0.05) is 12.1 Å². The lowest BCUT2D eigenvalue weighted by atomic mass is 10.1. The number of anilines is 1. The van der Waals surface area contributed by atoms with Crippen molar-refractivity contribution >= 4 is 26.5 Å². The van der Waals surface area contributed by atoms with Crippen LogP contribution in [0.3, 0.4) is 0 Å². The first kappa shape index (κ1) is 17.2. The highest BCUT2D eigenvalue weighted by Gasteiger charge is 2.23. The van der Waals surface area contributed by atoms with E-state index in [9.17, 15) is 8.42 Å². The van der Waals surface area contributed by atoms with E-state index in [-0.39, 0.29) is 4.90 Å². The van der Waals surface area contributed by atoms with E-state index in [4.69, 9.17) is 4.74 Å². The molecule has 2 aromatic carbocycles. The van der Waals surface area contributed by atoms with E-state index >= 15 is 0 Å². The van der Waals surface area contributed by atoms with Crippen LogP contribution in [-0.2, 0) is 10.0 Å². The summed E-state index contributed by atoms with van der Waals surface area (Å²) in [4.78, 5) is 4.37. The Morgan fingerprint density at radius 3 is 2.56 bits per heavy atom. The molecular weight excluding hydrogens is 336 g/mol. The van der Waals surface area contributed by atoms with Crippen molar-refractivity contribution in [2.45, 2.75) is 25.7 Å². The zero-order valence-electron chi connectivity index (χ0n) is 14.6. The third-order valence-corrected chi connectivity index (χ3v) is 6.05. The van der Waals surface area contributed by atoms with Gasteiger partial charge in [0.2, 0.25) is 0 Å². The van der Waals surface area contributed by atoms with Crippen LogP contribution in [0.2, 0.25) is 0 Å². The Labute approximate surface area is 147 Å². The molecule has 0 saturated carbocycles. The Kier molecular flexibility index (Phi) is 4.39. The molecule has 0 aliphatic heterocycles. The van der Waals surface area contributed by atoms with Gasteiger partial charge in [0, 0.05) is 23.2 Å². The second-order valence-electron chi connectivity index (χ2n) is 5.98. The number of pyridine rings is 1. The van der Waals surface area contributed by atoms with Gasteiger partial charge >= 0.3 is 0 Å². The lowest BCUT2D eigenvalue weighted by Gasteiger charge is -2.17. The largest absolute Gasteiger partial charge is 0.496 e. The van der Waals surface area contributed by atoms with Crippen molar-refractivity contribution in [1.82, 2.24) is 4.98 Å². The maximum Gasteiger partial charge on any atom is 0.262 e. The number of nitrogens with one attached hydrogen (secondary N) is 1. The fourth-order valence-corrected chi connectivity index (χ4v) is 4.66. The zero-order valence-corrected chi connectivity index (χ0v) is 15.4. The van der Waals surface area contributed by atoms with E-state index in [0.29, 0.717) is 22.6 Å². The van der Waals surface area contributed by atoms with Crippen molar-refractivity contribution in [2.24, 2.45) is 0 Å². The maximum absolute atomic E-state index is 13.1. The average molecular weight is 356 g/mol. The van der Waals surface area contributed by atoms with Gasteiger partial charge in [0.1, 0.15) is 5.75 Å². The maximum atomic E-state index is 13.1. The van der Waals surface area contributed by atoms with Gasteiger partial charge in [0.15, 0.2) is 0 Å². The van der Waals surface area contributed by atoms with Crippen LogP contribution in [0.5, 0.6) is 5.75 Å². The van der Waals surface area contributed by atoms with Crippen molar-refractivity contribution in [2.75, 3.05) is 11.8 Å². The Balaban J connectivity index is 2.13. The molecule has 0 bridgehead atoms. The summed E-state index contributed by atoms with van der Waals surface area (Å²) in [6.45, 7) is 5.43. The molecule has 0 spiro atoms. The Morgan fingerprint density at radius 1 is 1.08 bits per heavy atom. The summed E-state index contributed by atoms with van der Waals surface area (Å²) in [7, 11) is -2.16. The molecule has 0 radical (unpaired) electrons. The topological polar surface area (TPSA) is 68.3 Å². The summed E-state index contributed by atoms with van der Waals surface area (Å²) in [5, 5.41) is 1.68. The van der Waals surface area contributed by atoms with Gasteiger partial charge in [0.25, 0.3) is 10.0 Å². The molecule has 3 aromatic rings. The van der Waals surface area contributed by atoms with Gasteiger partial charge in [0.05, 0.1) is 17.7 Å². The van der Waals surface area contributed by atoms with Crippen molar-refractivity contribution in [3.05, 3.63) is 59.4 Å². The highest BCUT2D eigenvalue weighted by Crippen LogP contribution is 2.32. The molecule has 0 atom stereocenters. The number of sulfonamides is 1. The summed E-state index contributed by atoms with van der Waals surface area (Å²) < 4.78 is 34.2. The smallest absolute Gasteiger partial charge is 0.262 e. The third kappa shape index (κ3) is 3.05. The number of hydrogen-bond acceptors (Lipinski definition) is 4. The van der Waals surface area contributed by atoms with Crippen LogP contribution in [0.4, 0.5) is 5.69 Å². The van der Waals surface area contributed by atoms with Gasteiger partial charge in [-0.3, -0.25) is 9.71 Å². The number of rotatable bonds is 4. The van der Waals surface area contributed by atoms with E-state index in [1.54, 1.807) is 57.6 Å². The minimum absolute atomic E-state index is 0.289. The summed E-state index contributed by atoms with van der Waals surface area (Å²) in [5.41, 5.74) is 2.68. The molecule has 1 heterocycles. The predicted molar refractivity (Wildman–Crippen MR) is 99.8 cm³/mol. The molecule has 0 fully saturated rings. The fourth-order valence-electron chi connectivity index (χ4n) is 3.05. The van der Waals surface area contributed by atoms with Crippen LogP contribution in [0.15, 0.2) is 47.6 Å². The second-order valence-corrected chi connectivity index (χ2v) is 7.60. The molecule has 1 aromatic heterocycles. The fraction of sp³-hybridized carbons (Fsp3) is 0.211. The van der Waals surface area contributed by atoms with E-state index < -0.39 is 10.0 Å². The Bertz CT molecular complexity index is 1050. The summed E-state index contributed by atoms with van der Waals surface area (Å²) in [6, 6.07) is 9.01. The molecule has 1 N–H and O–H groups in total. The number of benzene rings is 2. The van der Waals surface area contributed by atoms with E-state index in [0.717, 1.165) is 16.3 Å². The van der Waals surface area contributed by atoms with Crippen LogP contribution < -0.4 is 9.46 Å². The summed E-state index contributed by atoms with van der Waals surface area (Å²) >= 11 is 0. The molecule has 0 aliphatic rings. The normalized spacial score (nSPS) is 11.5. The highest BCUT2D eigenvalue weighted by molar-refractivity contribution is 7.92. The Hall–Kier alpha value is -2.60. The van der Waals surface area contributed by atoms with Crippen LogP contribution in [-0.4, -0.2) is 20.5 Å².